The first-order valence-electron chi connectivity index (χ1n) is 6.41. The molecule has 0 radical (unpaired) electrons. The van der Waals surface area contributed by atoms with Gasteiger partial charge in [0, 0.05) is 25.6 Å². The summed E-state index contributed by atoms with van der Waals surface area (Å²) < 4.78 is 0. The minimum absolute atomic E-state index is 0.167. The average molecular weight is 229 g/mol. The highest BCUT2D eigenvalue weighted by Gasteiger charge is 2.33. The molecule has 3 atom stereocenters. The van der Waals surface area contributed by atoms with E-state index in [2.05, 4.69) is 42.2 Å². The number of hydrogen-bond donors (Lipinski definition) is 1. The van der Waals surface area contributed by atoms with Gasteiger partial charge in [-0.3, -0.25) is 4.90 Å². The molecule has 2 nitrogen and oxygen atoms in total. The summed E-state index contributed by atoms with van der Waals surface area (Å²) >= 11 is 0. The molecular weight excluding hydrogens is 210 g/mol. The van der Waals surface area contributed by atoms with Gasteiger partial charge in [-0.05, 0) is 24.5 Å². The normalized spacial score (nSPS) is 32.1. The van der Waals surface area contributed by atoms with E-state index in [-0.39, 0.29) is 6.10 Å². The highest BCUT2D eigenvalue weighted by Crippen LogP contribution is 2.34. The Bertz CT molecular complexity index is 435. The molecule has 90 valence electrons. The number of aryl methyl sites for hydroxylation is 1. The van der Waals surface area contributed by atoms with Crippen molar-refractivity contribution in [2.45, 2.75) is 19.4 Å². The highest BCUT2D eigenvalue weighted by atomic mass is 16.3. The third-order valence-electron chi connectivity index (χ3n) is 4.01. The smallest absolute Gasteiger partial charge is 0.0633 e. The van der Waals surface area contributed by atoms with E-state index >= 15 is 0 Å². The molecule has 0 saturated carbocycles. The van der Waals surface area contributed by atoms with Crippen LogP contribution in [0.4, 0.5) is 0 Å². The molecule has 2 heteroatoms. The van der Waals surface area contributed by atoms with Crippen LogP contribution in [-0.2, 0) is 0 Å². The second-order valence-electron chi connectivity index (χ2n) is 5.25. The van der Waals surface area contributed by atoms with Crippen molar-refractivity contribution >= 4 is 5.57 Å². The molecule has 2 aliphatic rings. The molecule has 2 bridgehead atoms. The molecule has 2 heterocycles. The van der Waals surface area contributed by atoms with Crippen molar-refractivity contribution in [2.75, 3.05) is 19.6 Å². The van der Waals surface area contributed by atoms with E-state index < -0.39 is 0 Å². The second-order valence-corrected chi connectivity index (χ2v) is 5.25. The zero-order valence-corrected chi connectivity index (χ0v) is 10.3. The molecule has 1 fully saturated rings. The molecule has 0 aromatic heterocycles. The Hall–Kier alpha value is -1.12. The van der Waals surface area contributed by atoms with Gasteiger partial charge in [0.05, 0.1) is 6.10 Å². The minimum atomic E-state index is -0.167. The Morgan fingerprint density at radius 1 is 1.24 bits per heavy atom. The van der Waals surface area contributed by atoms with Crippen molar-refractivity contribution in [3.05, 3.63) is 41.5 Å². The van der Waals surface area contributed by atoms with Crippen LogP contribution >= 0.6 is 0 Å². The molecule has 1 unspecified atom stereocenters. The first-order valence-corrected chi connectivity index (χ1v) is 6.41. The molecule has 17 heavy (non-hydrogen) atoms. The fourth-order valence-corrected chi connectivity index (χ4v) is 2.94. The Balaban J connectivity index is 1.94. The van der Waals surface area contributed by atoms with E-state index in [9.17, 15) is 5.11 Å². The minimum Gasteiger partial charge on any atom is -0.392 e. The maximum Gasteiger partial charge on any atom is 0.0633 e. The molecule has 0 aliphatic carbocycles. The largest absolute Gasteiger partial charge is 0.392 e. The Kier molecular flexibility index (Phi) is 2.77. The number of rotatable bonds is 1. The van der Waals surface area contributed by atoms with Gasteiger partial charge in [0.15, 0.2) is 0 Å². The van der Waals surface area contributed by atoms with Crippen LogP contribution in [0.15, 0.2) is 30.3 Å². The van der Waals surface area contributed by atoms with Crippen LogP contribution in [0, 0.1) is 12.8 Å². The molecule has 3 rings (SSSR count). The van der Waals surface area contributed by atoms with Crippen molar-refractivity contribution in [1.82, 2.24) is 4.90 Å². The van der Waals surface area contributed by atoms with E-state index in [0.29, 0.717) is 5.92 Å². The van der Waals surface area contributed by atoms with Crippen molar-refractivity contribution in [2.24, 2.45) is 5.92 Å². The monoisotopic (exact) mass is 229 g/mol. The summed E-state index contributed by atoms with van der Waals surface area (Å²) in [7, 11) is 0. The summed E-state index contributed by atoms with van der Waals surface area (Å²) in [5.74, 6) is 0.306. The molecule has 1 aromatic rings. The molecular formula is C15H19NO. The number of hydrogen-bond acceptors (Lipinski definition) is 2. The Labute approximate surface area is 103 Å². The topological polar surface area (TPSA) is 23.5 Å². The predicted molar refractivity (Wildman–Crippen MR) is 69.7 cm³/mol. The maximum absolute atomic E-state index is 10.1. The molecule has 1 N–H and O–H groups in total. The summed E-state index contributed by atoms with van der Waals surface area (Å²) in [5, 5.41) is 10.1. The van der Waals surface area contributed by atoms with Crippen LogP contribution in [0.25, 0.3) is 5.57 Å². The summed E-state index contributed by atoms with van der Waals surface area (Å²) in [4.78, 5) is 2.43. The van der Waals surface area contributed by atoms with Crippen LogP contribution in [0.3, 0.4) is 0 Å². The average Bonchev–Trinajstić information content (AvgIpc) is 2.36. The number of fused-ring (bicyclic) bond motifs is 2. The first kappa shape index (κ1) is 11.0. The molecule has 1 saturated heterocycles. The Morgan fingerprint density at radius 3 is 2.76 bits per heavy atom. The highest BCUT2D eigenvalue weighted by molar-refractivity contribution is 5.69. The van der Waals surface area contributed by atoms with Crippen LogP contribution in [0.2, 0.25) is 0 Å². The van der Waals surface area contributed by atoms with E-state index in [1.807, 2.05) is 0 Å². The van der Waals surface area contributed by atoms with E-state index in [4.69, 9.17) is 0 Å². The van der Waals surface area contributed by atoms with Gasteiger partial charge in [0.2, 0.25) is 0 Å². The summed E-state index contributed by atoms with van der Waals surface area (Å²) in [6.45, 7) is 5.19. The fraction of sp³-hybridized carbons (Fsp3) is 0.467. The van der Waals surface area contributed by atoms with Gasteiger partial charge in [-0.25, -0.2) is 0 Å². The lowest BCUT2D eigenvalue weighted by Crippen LogP contribution is -2.46. The van der Waals surface area contributed by atoms with Gasteiger partial charge in [-0.15, -0.1) is 0 Å². The standard InChI is InChI=1S/C15H19NO/c1-11-2-4-12(5-3-11)13-6-8-16-9-7-15(17)14(13)10-16/h2-6,14-15,17H,7-10H2,1H3/t14-,15-/m0/s1. The van der Waals surface area contributed by atoms with Crippen LogP contribution in [0.1, 0.15) is 17.5 Å². The lowest BCUT2D eigenvalue weighted by molar-refractivity contribution is 0.0509. The fourth-order valence-electron chi connectivity index (χ4n) is 2.94. The van der Waals surface area contributed by atoms with Gasteiger partial charge in [0.1, 0.15) is 0 Å². The lowest BCUT2D eigenvalue weighted by atomic mass is 9.81. The van der Waals surface area contributed by atoms with Gasteiger partial charge < -0.3 is 5.11 Å². The summed E-state index contributed by atoms with van der Waals surface area (Å²) in [6.07, 6.45) is 3.04. The molecule has 0 amide bonds. The third kappa shape index (κ3) is 2.03. The Morgan fingerprint density at radius 2 is 2.00 bits per heavy atom. The summed E-state index contributed by atoms with van der Waals surface area (Å²) in [6, 6.07) is 8.66. The number of piperidine rings is 1. The van der Waals surface area contributed by atoms with Crippen molar-refractivity contribution in [3.8, 4) is 0 Å². The number of aliphatic hydroxyl groups excluding tert-OH is 1. The summed E-state index contributed by atoms with van der Waals surface area (Å²) in [5.41, 5.74) is 3.91. The van der Waals surface area contributed by atoms with E-state index in [1.165, 1.54) is 16.7 Å². The van der Waals surface area contributed by atoms with E-state index in [1.54, 1.807) is 0 Å². The van der Waals surface area contributed by atoms with Crippen LogP contribution < -0.4 is 0 Å². The SMILES string of the molecule is Cc1ccc(C2=CCN3CC[C@H](O)[C@H]2C3)cc1. The van der Waals surface area contributed by atoms with Crippen molar-refractivity contribution < 1.29 is 5.11 Å². The lowest BCUT2D eigenvalue weighted by Gasteiger charge is -2.40. The maximum atomic E-state index is 10.1. The number of benzene rings is 1. The molecule has 0 spiro atoms. The van der Waals surface area contributed by atoms with Gasteiger partial charge in [-0.1, -0.05) is 35.9 Å². The number of aliphatic hydroxyl groups is 1. The zero-order valence-electron chi connectivity index (χ0n) is 10.3. The molecule has 1 aromatic carbocycles. The van der Waals surface area contributed by atoms with Crippen molar-refractivity contribution in [3.63, 3.8) is 0 Å². The van der Waals surface area contributed by atoms with Gasteiger partial charge in [0.25, 0.3) is 0 Å². The van der Waals surface area contributed by atoms with E-state index in [0.717, 1.165) is 26.1 Å². The van der Waals surface area contributed by atoms with Gasteiger partial charge >= 0.3 is 0 Å². The number of nitrogens with zero attached hydrogens (tertiary/aromatic N) is 1. The first-order chi connectivity index (χ1) is 8.24. The van der Waals surface area contributed by atoms with Crippen LogP contribution in [0.5, 0.6) is 0 Å². The zero-order chi connectivity index (χ0) is 11.8. The third-order valence-corrected chi connectivity index (χ3v) is 4.01. The van der Waals surface area contributed by atoms with Gasteiger partial charge in [-0.2, -0.15) is 0 Å². The predicted octanol–water partition coefficient (Wildman–Crippen LogP) is 2.07. The van der Waals surface area contributed by atoms with Crippen LogP contribution in [-0.4, -0.2) is 35.7 Å². The quantitative estimate of drug-likeness (QED) is 0.797. The second kappa shape index (κ2) is 4.28. The van der Waals surface area contributed by atoms with Crippen molar-refractivity contribution in [1.29, 1.82) is 0 Å². The molecule has 2 aliphatic heterocycles.